The van der Waals surface area contributed by atoms with Crippen LogP contribution >= 0.6 is 11.6 Å². The number of anilines is 2. The molecule has 0 aliphatic heterocycles. The van der Waals surface area contributed by atoms with Crippen molar-refractivity contribution in [2.45, 2.75) is 33.4 Å². The minimum atomic E-state index is -0.761. The minimum Gasteiger partial charge on any atom is -0.488 e. The smallest absolute Gasteiger partial charge is 0.345 e. The molecule has 1 N–H and O–H groups in total. The molecule has 32 heavy (non-hydrogen) atoms. The van der Waals surface area contributed by atoms with Crippen molar-refractivity contribution in [2.24, 2.45) is 0 Å². The van der Waals surface area contributed by atoms with Gasteiger partial charge < -0.3 is 19.4 Å². The van der Waals surface area contributed by atoms with Gasteiger partial charge in [-0.1, -0.05) is 23.7 Å². The van der Waals surface area contributed by atoms with Gasteiger partial charge in [0.1, 0.15) is 5.56 Å². The lowest BCUT2D eigenvalue weighted by Crippen LogP contribution is -2.25. The molecule has 0 saturated carbocycles. The van der Waals surface area contributed by atoms with Gasteiger partial charge in [0.25, 0.3) is 5.56 Å². The molecule has 3 aromatic rings. The molecule has 1 heterocycles. The van der Waals surface area contributed by atoms with Crippen molar-refractivity contribution in [1.29, 1.82) is 0 Å². The molecule has 0 bridgehead atoms. The number of hydrogen-bond donors (Lipinski definition) is 1. The van der Waals surface area contributed by atoms with Gasteiger partial charge in [-0.2, -0.15) is 4.98 Å². The molecule has 0 saturated heterocycles. The number of nitrogens with zero attached hydrogens (tertiary/aromatic N) is 2. The third-order valence-electron chi connectivity index (χ3n) is 4.31. The van der Waals surface area contributed by atoms with Gasteiger partial charge >= 0.3 is 5.97 Å². The van der Waals surface area contributed by atoms with Crippen molar-refractivity contribution in [3.63, 3.8) is 0 Å². The highest BCUT2D eigenvalue weighted by atomic mass is 35.5. The molecule has 0 spiro atoms. The molecule has 9 heteroatoms. The lowest BCUT2D eigenvalue weighted by molar-refractivity contribution is 0.0523. The largest absolute Gasteiger partial charge is 0.488 e. The second kappa shape index (κ2) is 10.3. The van der Waals surface area contributed by atoms with Gasteiger partial charge in [-0.05, 0) is 50.6 Å². The van der Waals surface area contributed by atoms with Gasteiger partial charge in [-0.25, -0.2) is 9.18 Å². The van der Waals surface area contributed by atoms with Gasteiger partial charge in [0.2, 0.25) is 5.95 Å². The maximum atomic E-state index is 14.4. The van der Waals surface area contributed by atoms with E-state index in [4.69, 9.17) is 21.1 Å². The topological polar surface area (TPSA) is 82.4 Å². The molecule has 0 aliphatic carbocycles. The summed E-state index contributed by atoms with van der Waals surface area (Å²) in [6.07, 6.45) is 1.20. The zero-order chi connectivity index (χ0) is 23.3. The van der Waals surface area contributed by atoms with Crippen LogP contribution in [0, 0.1) is 5.82 Å². The summed E-state index contributed by atoms with van der Waals surface area (Å²) < 4.78 is 26.3. The van der Waals surface area contributed by atoms with Crippen molar-refractivity contribution in [2.75, 3.05) is 11.9 Å². The number of nitrogens with one attached hydrogen (secondary N) is 1. The summed E-state index contributed by atoms with van der Waals surface area (Å²) in [6.45, 7) is 5.65. The highest BCUT2D eigenvalue weighted by Gasteiger charge is 2.17. The van der Waals surface area contributed by atoms with E-state index in [0.29, 0.717) is 10.7 Å². The first-order chi connectivity index (χ1) is 15.3. The average Bonchev–Trinajstić information content (AvgIpc) is 2.73. The Kier molecular flexibility index (Phi) is 7.48. The Morgan fingerprint density at radius 1 is 1.22 bits per heavy atom. The Morgan fingerprint density at radius 2 is 1.94 bits per heavy atom. The fourth-order valence-corrected chi connectivity index (χ4v) is 3.03. The molecule has 2 aromatic carbocycles. The quantitative estimate of drug-likeness (QED) is 0.487. The number of aromatic nitrogens is 2. The Balaban J connectivity index is 1.98. The second-order valence-corrected chi connectivity index (χ2v) is 7.63. The van der Waals surface area contributed by atoms with Gasteiger partial charge in [-0.3, -0.25) is 4.79 Å². The van der Waals surface area contributed by atoms with Crippen molar-refractivity contribution in [3.8, 4) is 5.75 Å². The summed E-state index contributed by atoms with van der Waals surface area (Å²) in [4.78, 5) is 28.6. The van der Waals surface area contributed by atoms with Crippen LogP contribution in [0.2, 0.25) is 5.02 Å². The number of halogens is 2. The van der Waals surface area contributed by atoms with Crippen LogP contribution in [-0.4, -0.2) is 28.2 Å². The number of ether oxygens (including phenoxy) is 2. The monoisotopic (exact) mass is 459 g/mol. The van der Waals surface area contributed by atoms with Crippen molar-refractivity contribution in [1.82, 2.24) is 9.55 Å². The van der Waals surface area contributed by atoms with E-state index in [1.165, 1.54) is 18.3 Å². The maximum Gasteiger partial charge on any atom is 0.345 e. The van der Waals surface area contributed by atoms with Crippen LogP contribution < -0.4 is 15.6 Å². The molecule has 0 amide bonds. The minimum absolute atomic E-state index is 0.120. The van der Waals surface area contributed by atoms with Gasteiger partial charge in [-0.15, -0.1) is 0 Å². The molecule has 0 unspecified atom stereocenters. The number of rotatable bonds is 8. The third kappa shape index (κ3) is 5.85. The van der Waals surface area contributed by atoms with E-state index in [-0.39, 0.29) is 36.5 Å². The highest BCUT2D eigenvalue weighted by Crippen LogP contribution is 2.24. The third-order valence-corrected chi connectivity index (χ3v) is 4.56. The second-order valence-electron chi connectivity index (χ2n) is 7.19. The standard InChI is InChI=1S/C23H23ClFN3O4/c1-4-31-22(30)18-13-28(12-15-5-7-16(24)8-6-15)23(27-21(18)29)26-17-9-10-20(19(25)11-17)32-14(2)3/h5-11,13-14H,4,12H2,1-3H3,(H,26,27,29). The fraction of sp³-hybridized carbons (Fsp3) is 0.261. The van der Waals surface area contributed by atoms with Crippen molar-refractivity contribution < 1.29 is 18.7 Å². The number of hydrogen-bond acceptors (Lipinski definition) is 6. The normalized spacial score (nSPS) is 10.8. The SMILES string of the molecule is CCOC(=O)c1cn(Cc2ccc(Cl)cc2)c(Nc2ccc(OC(C)C)c(F)c2)nc1=O. The summed E-state index contributed by atoms with van der Waals surface area (Å²) in [7, 11) is 0. The molecule has 1 aromatic heterocycles. The van der Waals surface area contributed by atoms with Crippen LogP contribution in [0.1, 0.15) is 36.7 Å². The first-order valence-corrected chi connectivity index (χ1v) is 10.4. The van der Waals surface area contributed by atoms with Crippen LogP contribution in [0.3, 0.4) is 0 Å². The fourth-order valence-electron chi connectivity index (χ4n) is 2.91. The molecule has 0 aliphatic rings. The van der Waals surface area contributed by atoms with Crippen LogP contribution in [0.15, 0.2) is 53.5 Å². The van der Waals surface area contributed by atoms with E-state index in [1.807, 2.05) is 12.1 Å². The summed E-state index contributed by atoms with van der Waals surface area (Å²) in [5.74, 6) is -1.06. The van der Waals surface area contributed by atoms with Gasteiger partial charge in [0.15, 0.2) is 11.6 Å². The molecule has 7 nitrogen and oxygen atoms in total. The Labute approximate surface area is 189 Å². The van der Waals surface area contributed by atoms with Crippen LogP contribution in [0.25, 0.3) is 0 Å². The molecule has 3 rings (SSSR count). The van der Waals surface area contributed by atoms with Crippen LogP contribution in [0.5, 0.6) is 5.75 Å². The Morgan fingerprint density at radius 3 is 2.56 bits per heavy atom. The maximum absolute atomic E-state index is 14.4. The Hall–Kier alpha value is -3.39. The van der Waals surface area contributed by atoms with Gasteiger partial charge in [0.05, 0.1) is 19.3 Å². The van der Waals surface area contributed by atoms with Crippen LogP contribution in [0.4, 0.5) is 16.0 Å². The van der Waals surface area contributed by atoms with E-state index in [2.05, 4.69) is 10.3 Å². The van der Waals surface area contributed by atoms with E-state index in [9.17, 15) is 14.0 Å². The van der Waals surface area contributed by atoms with E-state index < -0.39 is 17.3 Å². The first-order valence-electron chi connectivity index (χ1n) is 10.0. The van der Waals surface area contributed by atoms with E-state index >= 15 is 0 Å². The predicted octanol–water partition coefficient (Wildman–Crippen LogP) is 4.79. The number of carbonyl (C=O) groups is 1. The van der Waals surface area contributed by atoms with Crippen molar-refractivity contribution >= 4 is 29.2 Å². The van der Waals surface area contributed by atoms with Gasteiger partial charge in [0, 0.05) is 23.0 Å². The lowest BCUT2D eigenvalue weighted by atomic mass is 10.2. The zero-order valence-corrected chi connectivity index (χ0v) is 18.6. The number of carbonyl (C=O) groups excluding carboxylic acids is 1. The molecule has 0 radical (unpaired) electrons. The summed E-state index contributed by atoms with van der Waals surface area (Å²) in [5, 5.41) is 3.52. The van der Waals surface area contributed by atoms with Crippen LogP contribution in [-0.2, 0) is 11.3 Å². The molecule has 168 valence electrons. The molecular weight excluding hydrogens is 437 g/mol. The number of benzene rings is 2. The highest BCUT2D eigenvalue weighted by molar-refractivity contribution is 6.30. The average molecular weight is 460 g/mol. The number of esters is 1. The van der Waals surface area contributed by atoms with E-state index in [0.717, 1.165) is 5.56 Å². The summed E-state index contributed by atoms with van der Waals surface area (Å²) in [6, 6.07) is 11.4. The summed E-state index contributed by atoms with van der Waals surface area (Å²) >= 11 is 5.95. The zero-order valence-electron chi connectivity index (χ0n) is 17.9. The lowest BCUT2D eigenvalue weighted by Gasteiger charge is -2.16. The predicted molar refractivity (Wildman–Crippen MR) is 120 cm³/mol. The molecule has 0 fully saturated rings. The Bertz CT molecular complexity index is 1160. The first kappa shape index (κ1) is 23.3. The van der Waals surface area contributed by atoms with Crippen molar-refractivity contribution in [3.05, 3.63) is 81.0 Å². The molecule has 0 atom stereocenters. The molecular formula is C23H23ClFN3O4. The summed E-state index contributed by atoms with van der Waals surface area (Å²) in [5.41, 5.74) is 0.264. The van der Waals surface area contributed by atoms with E-state index in [1.54, 1.807) is 43.5 Å².